The highest BCUT2D eigenvalue weighted by molar-refractivity contribution is 5.83. The van der Waals surface area contributed by atoms with Gasteiger partial charge in [0.15, 0.2) is 6.29 Å². The molecule has 0 saturated carbocycles. The molecule has 6 heteroatoms. The van der Waals surface area contributed by atoms with Crippen LogP contribution in [0.4, 0.5) is 5.82 Å². The average molecular weight is 301 g/mol. The van der Waals surface area contributed by atoms with Crippen molar-refractivity contribution in [2.24, 2.45) is 0 Å². The van der Waals surface area contributed by atoms with E-state index >= 15 is 0 Å². The Balaban J connectivity index is 2.19. The van der Waals surface area contributed by atoms with Crippen LogP contribution in [0.3, 0.4) is 0 Å². The van der Waals surface area contributed by atoms with Crippen molar-refractivity contribution in [1.82, 2.24) is 9.38 Å². The van der Waals surface area contributed by atoms with Gasteiger partial charge in [-0.25, -0.2) is 4.98 Å². The molecule has 0 aliphatic carbocycles. The number of morpholine rings is 1. The van der Waals surface area contributed by atoms with Gasteiger partial charge in [-0.3, -0.25) is 14.0 Å². The van der Waals surface area contributed by atoms with Crippen molar-refractivity contribution in [3.63, 3.8) is 0 Å². The molecular formula is C16H19N3O3. The first-order valence-electron chi connectivity index (χ1n) is 7.38. The van der Waals surface area contributed by atoms with Crippen LogP contribution < -0.4 is 10.5 Å². The summed E-state index contributed by atoms with van der Waals surface area (Å²) >= 11 is 0. The van der Waals surface area contributed by atoms with Gasteiger partial charge < -0.3 is 9.64 Å². The van der Waals surface area contributed by atoms with Gasteiger partial charge in [-0.1, -0.05) is 6.07 Å². The van der Waals surface area contributed by atoms with Gasteiger partial charge in [0.2, 0.25) is 0 Å². The summed E-state index contributed by atoms with van der Waals surface area (Å²) in [5, 5.41) is 0. The molecule has 6 nitrogen and oxygen atoms in total. The zero-order valence-corrected chi connectivity index (χ0v) is 12.9. The van der Waals surface area contributed by atoms with Crippen molar-refractivity contribution in [3.8, 4) is 0 Å². The molecule has 116 valence electrons. The molecule has 0 radical (unpaired) electrons. The van der Waals surface area contributed by atoms with Crippen LogP contribution in [0, 0.1) is 6.92 Å². The Bertz CT molecular complexity index is 774. The summed E-state index contributed by atoms with van der Waals surface area (Å²) in [6, 6.07) is 3.69. The predicted molar refractivity (Wildman–Crippen MR) is 83.8 cm³/mol. The topological polar surface area (TPSA) is 63.9 Å². The maximum atomic E-state index is 12.6. The number of aromatic nitrogens is 2. The molecule has 2 aromatic heterocycles. The second kappa shape index (κ2) is 5.53. The van der Waals surface area contributed by atoms with Crippen LogP contribution in [0.2, 0.25) is 0 Å². The number of fused-ring (bicyclic) bond motifs is 1. The van der Waals surface area contributed by atoms with Crippen molar-refractivity contribution >= 4 is 17.8 Å². The van der Waals surface area contributed by atoms with E-state index in [1.807, 2.05) is 31.7 Å². The van der Waals surface area contributed by atoms with Gasteiger partial charge >= 0.3 is 0 Å². The number of ether oxygens (including phenoxy) is 1. The van der Waals surface area contributed by atoms with Gasteiger partial charge in [-0.05, 0) is 32.4 Å². The minimum Gasteiger partial charge on any atom is -0.372 e. The summed E-state index contributed by atoms with van der Waals surface area (Å²) in [5.74, 6) is 0.450. The third kappa shape index (κ3) is 2.50. The van der Waals surface area contributed by atoms with Crippen molar-refractivity contribution in [1.29, 1.82) is 0 Å². The molecule has 0 unspecified atom stereocenters. The fraction of sp³-hybridized carbons (Fsp3) is 0.438. The molecule has 1 fully saturated rings. The summed E-state index contributed by atoms with van der Waals surface area (Å²) in [5.41, 5.74) is 1.26. The molecule has 0 amide bonds. The number of hydrogen-bond acceptors (Lipinski definition) is 5. The minimum absolute atomic E-state index is 0.0292. The molecule has 0 bridgehead atoms. The zero-order valence-electron chi connectivity index (χ0n) is 12.9. The Morgan fingerprint density at radius 1 is 1.27 bits per heavy atom. The molecule has 0 N–H and O–H groups in total. The second-order valence-corrected chi connectivity index (χ2v) is 5.87. The van der Waals surface area contributed by atoms with Gasteiger partial charge in [0.25, 0.3) is 5.56 Å². The number of hydrogen-bond donors (Lipinski definition) is 0. The van der Waals surface area contributed by atoms with Crippen molar-refractivity contribution < 1.29 is 9.53 Å². The fourth-order valence-electron chi connectivity index (χ4n) is 2.94. The first kappa shape index (κ1) is 14.7. The van der Waals surface area contributed by atoms with Crippen LogP contribution in [0.15, 0.2) is 23.1 Å². The molecule has 2 atom stereocenters. The predicted octanol–water partition coefficient (Wildman–Crippen LogP) is 1.43. The molecule has 1 saturated heterocycles. The lowest BCUT2D eigenvalue weighted by Crippen LogP contribution is -2.47. The van der Waals surface area contributed by atoms with Crippen molar-refractivity contribution in [2.45, 2.75) is 33.0 Å². The SMILES string of the molecule is Cc1ccc2nc(N3C[C@@H](C)O[C@H](C)C3)c(C=O)c(=O)n2c1. The molecular weight excluding hydrogens is 282 g/mol. The van der Waals surface area contributed by atoms with Crippen LogP contribution in [-0.4, -0.2) is 41.0 Å². The number of pyridine rings is 1. The number of aryl methyl sites for hydroxylation is 1. The van der Waals surface area contributed by atoms with Gasteiger partial charge in [0.05, 0.1) is 12.2 Å². The Hall–Kier alpha value is -2.21. The largest absolute Gasteiger partial charge is 0.372 e. The van der Waals surface area contributed by atoms with E-state index in [1.54, 1.807) is 12.3 Å². The van der Waals surface area contributed by atoms with Crippen LogP contribution in [-0.2, 0) is 4.74 Å². The fourth-order valence-corrected chi connectivity index (χ4v) is 2.94. The summed E-state index contributed by atoms with van der Waals surface area (Å²) in [6.45, 7) is 7.06. The Morgan fingerprint density at radius 2 is 1.95 bits per heavy atom. The van der Waals surface area contributed by atoms with E-state index in [1.165, 1.54) is 4.40 Å². The lowest BCUT2D eigenvalue weighted by atomic mass is 10.2. The summed E-state index contributed by atoms with van der Waals surface area (Å²) in [4.78, 5) is 30.5. The summed E-state index contributed by atoms with van der Waals surface area (Å²) < 4.78 is 7.13. The van der Waals surface area contributed by atoms with E-state index < -0.39 is 0 Å². The lowest BCUT2D eigenvalue weighted by molar-refractivity contribution is -0.00550. The quantitative estimate of drug-likeness (QED) is 0.785. The third-order valence-electron chi connectivity index (χ3n) is 3.82. The van der Waals surface area contributed by atoms with E-state index in [0.29, 0.717) is 30.8 Å². The van der Waals surface area contributed by atoms with Crippen LogP contribution in [0.1, 0.15) is 29.8 Å². The molecule has 2 aromatic rings. The first-order chi connectivity index (χ1) is 10.5. The standard InChI is InChI=1S/C16H19N3O3/c1-10-4-5-14-17-15(13(9-20)16(21)19(14)6-10)18-7-11(2)22-12(3)8-18/h4-6,9,11-12H,7-8H2,1-3H3/t11-,12-/m1/s1. The van der Waals surface area contributed by atoms with Crippen molar-refractivity contribution in [2.75, 3.05) is 18.0 Å². The molecule has 1 aliphatic rings. The monoisotopic (exact) mass is 301 g/mol. The van der Waals surface area contributed by atoms with Crippen LogP contribution >= 0.6 is 0 Å². The number of rotatable bonds is 2. The Labute approximate surface area is 128 Å². The van der Waals surface area contributed by atoms with E-state index in [-0.39, 0.29) is 23.3 Å². The number of anilines is 1. The number of nitrogens with zero attached hydrogens (tertiary/aromatic N) is 3. The minimum atomic E-state index is -0.328. The van der Waals surface area contributed by atoms with Gasteiger partial charge in [0, 0.05) is 19.3 Å². The molecule has 1 aliphatic heterocycles. The molecule has 0 aromatic carbocycles. The third-order valence-corrected chi connectivity index (χ3v) is 3.82. The Kier molecular flexibility index (Phi) is 3.70. The first-order valence-corrected chi connectivity index (χ1v) is 7.38. The van der Waals surface area contributed by atoms with Gasteiger partial charge in [-0.15, -0.1) is 0 Å². The average Bonchev–Trinajstić information content (AvgIpc) is 2.46. The molecule has 3 heterocycles. The summed E-state index contributed by atoms with van der Waals surface area (Å²) in [6.07, 6.45) is 2.36. The maximum Gasteiger partial charge on any atom is 0.270 e. The highest BCUT2D eigenvalue weighted by atomic mass is 16.5. The maximum absolute atomic E-state index is 12.6. The van der Waals surface area contributed by atoms with Gasteiger partial charge in [-0.2, -0.15) is 0 Å². The molecule has 3 rings (SSSR count). The zero-order chi connectivity index (χ0) is 15.9. The highest BCUT2D eigenvalue weighted by Gasteiger charge is 2.26. The van der Waals surface area contributed by atoms with Gasteiger partial charge in [0.1, 0.15) is 17.0 Å². The lowest BCUT2D eigenvalue weighted by Gasteiger charge is -2.36. The smallest absolute Gasteiger partial charge is 0.270 e. The van der Waals surface area contributed by atoms with Crippen molar-refractivity contribution in [3.05, 3.63) is 39.8 Å². The highest BCUT2D eigenvalue weighted by Crippen LogP contribution is 2.20. The van der Waals surface area contributed by atoms with E-state index in [0.717, 1.165) is 5.56 Å². The summed E-state index contributed by atoms with van der Waals surface area (Å²) in [7, 11) is 0. The second-order valence-electron chi connectivity index (χ2n) is 5.87. The van der Waals surface area contributed by atoms with Crippen LogP contribution in [0.5, 0.6) is 0 Å². The van der Waals surface area contributed by atoms with Crippen LogP contribution in [0.25, 0.3) is 5.65 Å². The normalized spacial score (nSPS) is 22.0. The van der Waals surface area contributed by atoms with E-state index in [2.05, 4.69) is 4.98 Å². The molecule has 22 heavy (non-hydrogen) atoms. The number of aldehydes is 1. The number of carbonyl (C=O) groups excluding carboxylic acids is 1. The van der Waals surface area contributed by atoms with E-state index in [4.69, 9.17) is 4.74 Å². The Morgan fingerprint density at radius 3 is 2.59 bits per heavy atom. The van der Waals surface area contributed by atoms with E-state index in [9.17, 15) is 9.59 Å². The molecule has 0 spiro atoms. The number of carbonyl (C=O) groups is 1.